The van der Waals surface area contributed by atoms with Crippen LogP contribution in [-0.4, -0.2) is 44.8 Å². The van der Waals surface area contributed by atoms with Gasteiger partial charge in [0.15, 0.2) is 0 Å². The summed E-state index contributed by atoms with van der Waals surface area (Å²) in [4.78, 5) is 47.3. The Morgan fingerprint density at radius 1 is 0.871 bits per heavy atom. The molecule has 0 unspecified atom stereocenters. The van der Waals surface area contributed by atoms with E-state index in [0.29, 0.717) is 12.1 Å². The van der Waals surface area contributed by atoms with Crippen molar-refractivity contribution in [3.8, 4) is 11.5 Å². The zero-order valence-corrected chi connectivity index (χ0v) is 15.7. The van der Waals surface area contributed by atoms with Crippen LogP contribution in [0.25, 0.3) is 0 Å². The van der Waals surface area contributed by atoms with Crippen molar-refractivity contribution in [2.75, 3.05) is 14.1 Å². The molecule has 0 aliphatic rings. The van der Waals surface area contributed by atoms with Gasteiger partial charge >= 0.3 is 17.3 Å². The molecule has 0 aliphatic heterocycles. The van der Waals surface area contributed by atoms with Crippen molar-refractivity contribution < 1.29 is 34.1 Å². The number of non-ortho nitro benzene ring substituents is 1. The standard InChI is InChI=1S/C15H12N6O10/c1-17(2)21(29)16-31-14-8-13(11(19(25)26)7-12(14)20(27)28)30-15(22)9-3-5-10(6-4-9)18(23)24/h3-8H,1-2H3/b21-16-. The van der Waals surface area contributed by atoms with E-state index in [1.807, 2.05) is 0 Å². The third-order valence-corrected chi connectivity index (χ3v) is 3.50. The summed E-state index contributed by atoms with van der Waals surface area (Å²) in [6, 6.07) is 5.24. The Morgan fingerprint density at radius 3 is 1.90 bits per heavy atom. The first kappa shape index (κ1) is 22.4. The van der Waals surface area contributed by atoms with Gasteiger partial charge in [-0.25, -0.2) is 4.79 Å². The fourth-order valence-electron chi connectivity index (χ4n) is 2.01. The molecule has 0 amide bonds. The van der Waals surface area contributed by atoms with Crippen LogP contribution < -0.4 is 9.57 Å². The lowest BCUT2D eigenvalue weighted by atomic mass is 10.2. The number of carbonyl (C=O) groups excluding carboxylic acids is 1. The number of nitrogens with zero attached hydrogens (tertiary/aromatic N) is 6. The van der Waals surface area contributed by atoms with Crippen LogP contribution in [0.3, 0.4) is 0 Å². The summed E-state index contributed by atoms with van der Waals surface area (Å²) in [5, 5.41) is 48.6. The van der Waals surface area contributed by atoms with E-state index in [4.69, 9.17) is 9.57 Å². The zero-order valence-electron chi connectivity index (χ0n) is 15.7. The molecule has 31 heavy (non-hydrogen) atoms. The lowest BCUT2D eigenvalue weighted by Crippen LogP contribution is -2.21. The SMILES string of the molecule is CN(C)/[N+]([O-])=N/Oc1cc(OC(=O)c2ccc([N+](=O)[O-])cc2)c([N+](=O)[O-])cc1[N+](=O)[O-]. The molecule has 0 heterocycles. The summed E-state index contributed by atoms with van der Waals surface area (Å²) in [6.45, 7) is 0. The minimum Gasteiger partial charge on any atom is -0.569 e. The Morgan fingerprint density at radius 2 is 1.42 bits per heavy atom. The molecule has 2 aromatic rings. The van der Waals surface area contributed by atoms with Crippen LogP contribution in [0, 0.1) is 35.6 Å². The molecule has 0 aliphatic carbocycles. The van der Waals surface area contributed by atoms with Crippen molar-refractivity contribution in [2.24, 2.45) is 5.28 Å². The van der Waals surface area contributed by atoms with Crippen LogP contribution in [0.15, 0.2) is 41.7 Å². The number of nitro benzene ring substituents is 3. The highest BCUT2D eigenvalue weighted by atomic mass is 16.7. The molecule has 2 aromatic carbocycles. The number of ether oxygens (including phenoxy) is 1. The van der Waals surface area contributed by atoms with Crippen LogP contribution in [0.2, 0.25) is 0 Å². The fourth-order valence-corrected chi connectivity index (χ4v) is 2.01. The van der Waals surface area contributed by atoms with E-state index >= 15 is 0 Å². The molecule has 0 N–H and O–H groups in total. The molecule has 0 saturated heterocycles. The van der Waals surface area contributed by atoms with E-state index in [-0.39, 0.29) is 16.2 Å². The summed E-state index contributed by atoms with van der Waals surface area (Å²) in [6.07, 6.45) is 0. The molecule has 16 nitrogen and oxygen atoms in total. The summed E-state index contributed by atoms with van der Waals surface area (Å²) in [5.41, 5.74) is -2.36. The first-order chi connectivity index (χ1) is 14.5. The maximum atomic E-state index is 12.3. The number of nitro groups is 3. The molecule has 0 atom stereocenters. The highest BCUT2D eigenvalue weighted by molar-refractivity contribution is 5.92. The van der Waals surface area contributed by atoms with Crippen molar-refractivity contribution in [3.05, 3.63) is 77.5 Å². The van der Waals surface area contributed by atoms with Crippen molar-refractivity contribution in [1.29, 1.82) is 0 Å². The number of hydrogen-bond donors (Lipinski definition) is 0. The second-order valence-corrected chi connectivity index (χ2v) is 5.77. The maximum absolute atomic E-state index is 12.3. The van der Waals surface area contributed by atoms with Gasteiger partial charge in [-0.1, -0.05) is 0 Å². The van der Waals surface area contributed by atoms with Gasteiger partial charge in [-0.3, -0.25) is 35.2 Å². The maximum Gasteiger partial charge on any atom is 0.343 e. The van der Waals surface area contributed by atoms with Crippen LogP contribution in [-0.2, 0) is 0 Å². The highest BCUT2D eigenvalue weighted by Crippen LogP contribution is 2.39. The summed E-state index contributed by atoms with van der Waals surface area (Å²) >= 11 is 0. The topological polar surface area (TPSA) is 207 Å². The predicted molar refractivity (Wildman–Crippen MR) is 98.2 cm³/mol. The van der Waals surface area contributed by atoms with Crippen LogP contribution in [0.1, 0.15) is 10.4 Å². The number of hydrogen-bond acceptors (Lipinski definition) is 11. The predicted octanol–water partition coefficient (Wildman–Crippen LogP) is 2.36. The van der Waals surface area contributed by atoms with Gasteiger partial charge in [-0.15, -0.1) is 0 Å². The van der Waals surface area contributed by atoms with Gasteiger partial charge in [0.1, 0.15) is 6.07 Å². The van der Waals surface area contributed by atoms with E-state index in [9.17, 15) is 40.3 Å². The van der Waals surface area contributed by atoms with Gasteiger partial charge in [-0.2, -0.15) is 5.01 Å². The average Bonchev–Trinajstić information content (AvgIpc) is 2.71. The largest absolute Gasteiger partial charge is 0.569 e. The molecular formula is C15H12N6O10. The van der Waals surface area contributed by atoms with Crippen LogP contribution in [0.4, 0.5) is 17.1 Å². The van der Waals surface area contributed by atoms with E-state index < -0.39 is 43.6 Å². The molecule has 0 fully saturated rings. The minimum absolute atomic E-state index is 0.0757. The van der Waals surface area contributed by atoms with E-state index in [1.165, 1.54) is 14.1 Å². The van der Waals surface area contributed by atoms with Gasteiger partial charge < -0.3 is 9.94 Å². The summed E-state index contributed by atoms with van der Waals surface area (Å²) in [5.74, 6) is -2.61. The average molecular weight is 436 g/mol. The number of carbonyl (C=O) groups is 1. The Labute approximate surface area is 171 Å². The monoisotopic (exact) mass is 436 g/mol. The normalized spacial score (nSPS) is 10.8. The van der Waals surface area contributed by atoms with Crippen molar-refractivity contribution in [1.82, 2.24) is 5.01 Å². The Balaban J connectivity index is 2.46. The van der Waals surface area contributed by atoms with Crippen LogP contribution in [0.5, 0.6) is 11.5 Å². The number of esters is 1. The number of rotatable bonds is 8. The fraction of sp³-hybridized carbons (Fsp3) is 0.133. The van der Waals surface area contributed by atoms with Gasteiger partial charge in [0.05, 0.1) is 39.4 Å². The molecule has 0 saturated carbocycles. The number of hydrazine groups is 1. The van der Waals surface area contributed by atoms with Gasteiger partial charge in [0, 0.05) is 18.2 Å². The van der Waals surface area contributed by atoms with E-state index in [2.05, 4.69) is 5.28 Å². The molecule has 0 radical (unpaired) electrons. The summed E-state index contributed by atoms with van der Waals surface area (Å²) < 4.78 is 4.93. The molecule has 0 bridgehead atoms. The lowest BCUT2D eigenvalue weighted by molar-refractivity contribution is -0.695. The Bertz CT molecular complexity index is 1080. The van der Waals surface area contributed by atoms with Crippen molar-refractivity contribution >= 4 is 23.0 Å². The van der Waals surface area contributed by atoms with Crippen LogP contribution >= 0.6 is 0 Å². The molecule has 162 valence electrons. The smallest absolute Gasteiger partial charge is 0.343 e. The molecule has 0 aromatic heterocycles. The first-order valence-electron chi connectivity index (χ1n) is 7.97. The van der Waals surface area contributed by atoms with Gasteiger partial charge in [-0.05, 0) is 12.1 Å². The highest BCUT2D eigenvalue weighted by Gasteiger charge is 2.29. The molecular weight excluding hydrogens is 424 g/mol. The van der Waals surface area contributed by atoms with Gasteiger partial charge in [0.2, 0.25) is 16.8 Å². The second kappa shape index (κ2) is 9.07. The molecule has 2 rings (SSSR count). The minimum atomic E-state index is -1.14. The quantitative estimate of drug-likeness (QED) is 0.146. The van der Waals surface area contributed by atoms with Crippen molar-refractivity contribution in [3.63, 3.8) is 0 Å². The lowest BCUT2D eigenvalue weighted by Gasteiger charge is -2.08. The van der Waals surface area contributed by atoms with Gasteiger partial charge in [0.25, 0.3) is 5.69 Å². The molecule has 16 heteroatoms. The van der Waals surface area contributed by atoms with Crippen molar-refractivity contribution in [2.45, 2.75) is 0 Å². The number of benzene rings is 2. The summed E-state index contributed by atoms with van der Waals surface area (Å²) in [7, 11) is 2.59. The van der Waals surface area contributed by atoms with E-state index in [0.717, 1.165) is 29.3 Å². The zero-order chi connectivity index (χ0) is 23.3. The Kier molecular flexibility index (Phi) is 6.56. The first-order valence-corrected chi connectivity index (χ1v) is 7.97. The second-order valence-electron chi connectivity index (χ2n) is 5.77. The third kappa shape index (κ3) is 5.34. The Hall–Kier alpha value is -4.89. The molecule has 0 spiro atoms. The van der Waals surface area contributed by atoms with E-state index in [1.54, 1.807) is 0 Å². The third-order valence-electron chi connectivity index (χ3n) is 3.50.